The van der Waals surface area contributed by atoms with Crippen LogP contribution in [0.4, 0.5) is 32.0 Å². The predicted octanol–water partition coefficient (Wildman–Crippen LogP) is 6.05. The molecule has 0 aliphatic carbocycles. The minimum Gasteiger partial charge on any atom is -0.509 e. The number of halogens is 6. The molecule has 2 aliphatic heterocycles. The molecule has 0 bridgehead atoms. The highest BCUT2D eigenvalue weighted by molar-refractivity contribution is 6.24. The molecule has 2 aliphatic rings. The highest BCUT2D eigenvalue weighted by Crippen LogP contribution is 2.43. The maximum Gasteiger partial charge on any atom is 0.433 e. The lowest BCUT2D eigenvalue weighted by Crippen LogP contribution is -2.60. The van der Waals surface area contributed by atoms with E-state index in [0.717, 1.165) is 17.2 Å². The smallest absolute Gasteiger partial charge is 0.433 e. The van der Waals surface area contributed by atoms with Crippen molar-refractivity contribution in [3.8, 4) is 11.3 Å². The number of aromatic nitrogens is 2. The average molecular weight is 606 g/mol. The molecule has 43 heavy (non-hydrogen) atoms. The molecule has 8 nitrogen and oxygen atoms in total. The minimum atomic E-state index is -4.92. The number of nitrogens with zero attached hydrogens (tertiary/aromatic N) is 4. The van der Waals surface area contributed by atoms with Gasteiger partial charge in [0, 0.05) is 12.1 Å². The summed E-state index contributed by atoms with van der Waals surface area (Å²) in [6.07, 6.45) is -8.24. The van der Waals surface area contributed by atoms with E-state index in [1.807, 2.05) is 25.1 Å². The molecular formula is C29H25F6N5O3. The number of alkyl halides is 6. The normalized spacial score (nSPS) is 19.5. The van der Waals surface area contributed by atoms with Crippen LogP contribution in [0.1, 0.15) is 42.1 Å². The average Bonchev–Trinajstić information content (AvgIpc) is 3.34. The van der Waals surface area contributed by atoms with Crippen LogP contribution in [-0.2, 0) is 28.5 Å². The summed E-state index contributed by atoms with van der Waals surface area (Å²) in [5, 5.41) is 16.6. The van der Waals surface area contributed by atoms with Crippen LogP contribution >= 0.6 is 0 Å². The van der Waals surface area contributed by atoms with Crippen molar-refractivity contribution in [3.05, 3.63) is 88.6 Å². The van der Waals surface area contributed by atoms with Crippen molar-refractivity contribution < 1.29 is 41.0 Å². The zero-order valence-electron chi connectivity index (χ0n) is 22.8. The number of amides is 2. The van der Waals surface area contributed by atoms with Crippen molar-refractivity contribution in [2.45, 2.75) is 51.1 Å². The molecule has 0 spiro atoms. The van der Waals surface area contributed by atoms with E-state index in [2.05, 4.69) is 15.3 Å². The fourth-order valence-electron chi connectivity index (χ4n) is 5.38. The van der Waals surface area contributed by atoms with Gasteiger partial charge in [0.2, 0.25) is 0 Å². The molecule has 0 saturated carbocycles. The minimum absolute atomic E-state index is 0.0812. The van der Waals surface area contributed by atoms with Gasteiger partial charge in [-0.1, -0.05) is 24.3 Å². The Hall–Kier alpha value is -4.46. The number of hydrazine groups is 1. The number of benzene rings is 2. The third-order valence-corrected chi connectivity index (χ3v) is 7.73. The molecule has 2 aromatic carbocycles. The molecule has 1 atom stereocenters. The first-order valence-electron chi connectivity index (χ1n) is 13.1. The van der Waals surface area contributed by atoms with Crippen LogP contribution < -0.4 is 5.32 Å². The van der Waals surface area contributed by atoms with Crippen LogP contribution in [0.15, 0.2) is 66.2 Å². The quantitative estimate of drug-likeness (QED) is 0.272. The highest BCUT2D eigenvalue weighted by Gasteiger charge is 2.52. The standard InChI is InChI=1S/C29H25F6N5O3/c1-16-6-3-4-7-17(16)14-39-26(43)23(24(41)27(2)10-5-11-40(27)39)25(42)38-20-9-8-18(28(30,31)32)12-19(20)21-13-22(29(33,34)35)37-15-36-21/h3-4,6-9,12-13,15,41H,5,10-11,14H2,1-2H3,(H,38,42). The Kier molecular flexibility index (Phi) is 7.45. The van der Waals surface area contributed by atoms with E-state index < -0.39 is 63.6 Å². The van der Waals surface area contributed by atoms with Gasteiger partial charge in [0.15, 0.2) is 0 Å². The van der Waals surface area contributed by atoms with Crippen LogP contribution in [0, 0.1) is 6.92 Å². The summed E-state index contributed by atoms with van der Waals surface area (Å²) in [5.41, 5.74) is -4.09. The predicted molar refractivity (Wildman–Crippen MR) is 142 cm³/mol. The maximum absolute atomic E-state index is 13.8. The molecule has 0 radical (unpaired) electrons. The molecule has 2 amide bonds. The summed E-state index contributed by atoms with van der Waals surface area (Å²) in [5.74, 6) is -2.49. The van der Waals surface area contributed by atoms with Crippen molar-refractivity contribution in [2.75, 3.05) is 11.9 Å². The van der Waals surface area contributed by atoms with Crippen LogP contribution in [0.25, 0.3) is 11.3 Å². The second-order valence-corrected chi connectivity index (χ2v) is 10.5. The van der Waals surface area contributed by atoms with Crippen molar-refractivity contribution in [2.24, 2.45) is 0 Å². The summed E-state index contributed by atoms with van der Waals surface area (Å²) >= 11 is 0. The molecule has 1 unspecified atom stereocenters. The van der Waals surface area contributed by atoms with Gasteiger partial charge in [0.25, 0.3) is 11.8 Å². The van der Waals surface area contributed by atoms with Gasteiger partial charge in [-0.15, -0.1) is 0 Å². The number of fused-ring (bicyclic) bond motifs is 1. The number of carbonyl (C=O) groups is 2. The zero-order valence-corrected chi connectivity index (χ0v) is 22.8. The maximum atomic E-state index is 13.8. The van der Waals surface area contributed by atoms with Gasteiger partial charge < -0.3 is 10.4 Å². The first-order valence-corrected chi connectivity index (χ1v) is 13.1. The van der Waals surface area contributed by atoms with E-state index >= 15 is 0 Å². The number of aryl methyl sites for hydroxylation is 1. The third-order valence-electron chi connectivity index (χ3n) is 7.73. The number of nitrogens with one attached hydrogen (secondary N) is 1. The van der Waals surface area contributed by atoms with Crippen LogP contribution in [-0.4, -0.2) is 49.0 Å². The Morgan fingerprint density at radius 1 is 1.05 bits per heavy atom. The van der Waals surface area contributed by atoms with Crippen LogP contribution in [0.2, 0.25) is 0 Å². The summed E-state index contributed by atoms with van der Waals surface area (Å²) in [6.45, 7) is 4.03. The molecule has 1 aromatic heterocycles. The summed E-state index contributed by atoms with van der Waals surface area (Å²) in [6, 6.07) is 9.78. The Bertz CT molecular complexity index is 1640. The lowest BCUT2D eigenvalue weighted by Gasteiger charge is -2.46. The second kappa shape index (κ2) is 10.7. The molecule has 5 rings (SSSR count). The number of hydrogen-bond donors (Lipinski definition) is 2. The van der Waals surface area contributed by atoms with Gasteiger partial charge in [-0.25, -0.2) is 15.0 Å². The van der Waals surface area contributed by atoms with E-state index in [0.29, 0.717) is 43.9 Å². The summed E-state index contributed by atoms with van der Waals surface area (Å²) in [4.78, 5) is 34.3. The summed E-state index contributed by atoms with van der Waals surface area (Å²) < 4.78 is 80.7. The summed E-state index contributed by atoms with van der Waals surface area (Å²) in [7, 11) is 0. The number of carbonyl (C=O) groups excluding carboxylic acids is 2. The molecule has 1 fully saturated rings. The van der Waals surface area contributed by atoms with Crippen molar-refractivity contribution in [3.63, 3.8) is 0 Å². The second-order valence-electron chi connectivity index (χ2n) is 10.5. The number of anilines is 1. The molecule has 3 heterocycles. The number of hydrogen-bond acceptors (Lipinski definition) is 6. The largest absolute Gasteiger partial charge is 0.509 e. The van der Waals surface area contributed by atoms with Gasteiger partial charge in [-0.2, -0.15) is 26.3 Å². The number of rotatable bonds is 5. The monoisotopic (exact) mass is 605 g/mol. The van der Waals surface area contributed by atoms with Gasteiger partial charge in [0.05, 0.1) is 29.0 Å². The molecule has 1 saturated heterocycles. The van der Waals surface area contributed by atoms with Crippen molar-refractivity contribution in [1.82, 2.24) is 20.0 Å². The van der Waals surface area contributed by atoms with Gasteiger partial charge in [-0.3, -0.25) is 14.6 Å². The Morgan fingerprint density at radius 2 is 1.77 bits per heavy atom. The van der Waals surface area contributed by atoms with Crippen LogP contribution in [0.3, 0.4) is 0 Å². The van der Waals surface area contributed by atoms with Crippen LogP contribution in [0.5, 0.6) is 0 Å². The third kappa shape index (κ3) is 5.54. The Labute approximate surface area is 241 Å². The van der Waals surface area contributed by atoms with Gasteiger partial charge in [0.1, 0.15) is 23.4 Å². The first-order chi connectivity index (χ1) is 20.1. The lowest BCUT2D eigenvalue weighted by molar-refractivity contribution is -0.160. The highest BCUT2D eigenvalue weighted by atomic mass is 19.4. The van der Waals surface area contributed by atoms with E-state index in [1.54, 1.807) is 18.0 Å². The number of aliphatic hydroxyl groups excluding tert-OH is 1. The fourth-order valence-corrected chi connectivity index (χ4v) is 5.38. The fraction of sp³-hybridized carbons (Fsp3) is 0.310. The Morgan fingerprint density at radius 3 is 2.44 bits per heavy atom. The Balaban J connectivity index is 1.56. The molecule has 2 N–H and O–H groups in total. The van der Waals surface area contributed by atoms with E-state index in [-0.39, 0.29) is 12.2 Å². The molecule has 14 heteroatoms. The molecule has 226 valence electrons. The topological polar surface area (TPSA) is 98.7 Å². The van der Waals surface area contributed by atoms with Crippen molar-refractivity contribution in [1.29, 1.82) is 0 Å². The lowest BCUT2D eigenvalue weighted by atomic mass is 9.90. The van der Waals surface area contributed by atoms with Crippen molar-refractivity contribution >= 4 is 17.5 Å². The molecule has 3 aromatic rings. The SMILES string of the molecule is Cc1ccccc1CN1C(=O)C(C(=O)Nc2ccc(C(F)(F)F)cc2-c2cc(C(F)(F)F)ncn2)=C(O)C2(C)CCCN12. The number of aliphatic hydroxyl groups is 1. The van der Waals surface area contributed by atoms with E-state index in [9.17, 15) is 41.0 Å². The van der Waals surface area contributed by atoms with Gasteiger partial charge >= 0.3 is 12.4 Å². The zero-order chi connectivity index (χ0) is 31.3. The van der Waals surface area contributed by atoms with Gasteiger partial charge in [-0.05, 0) is 62.1 Å². The van der Waals surface area contributed by atoms with E-state index in [4.69, 9.17) is 0 Å². The first kappa shape index (κ1) is 30.0. The van der Waals surface area contributed by atoms with E-state index in [1.165, 1.54) is 5.01 Å². The molecular weight excluding hydrogens is 580 g/mol.